The van der Waals surface area contributed by atoms with E-state index in [4.69, 9.17) is 0 Å². The van der Waals surface area contributed by atoms with Crippen LogP contribution < -0.4 is 5.43 Å². The summed E-state index contributed by atoms with van der Waals surface area (Å²) >= 11 is 0. The molecule has 0 aliphatic rings. The van der Waals surface area contributed by atoms with Gasteiger partial charge >= 0.3 is 5.69 Å². The highest BCUT2D eigenvalue weighted by molar-refractivity contribution is 5.94. The number of hydrogen-bond donors (Lipinski definition) is 1. The first kappa shape index (κ1) is 19.3. The maximum atomic E-state index is 11.1. The van der Waals surface area contributed by atoms with Crippen molar-refractivity contribution in [1.29, 1.82) is 0 Å². The Morgan fingerprint density at radius 3 is 2.41 bits per heavy atom. The molecule has 1 N–H and O–H groups in total. The van der Waals surface area contributed by atoms with E-state index in [0.29, 0.717) is 5.71 Å². The van der Waals surface area contributed by atoms with Crippen LogP contribution in [0.4, 0.5) is 17.1 Å². The molecule has 27 heavy (non-hydrogen) atoms. The molecule has 0 amide bonds. The standard InChI is InChI=1S/C19H16N4O4/c1-14(8-9-16-6-4-3-5-7-16)12-15(2)20-21-18-11-10-17(22(24)25)13-19(18)23(26)27/h3-7,10-13,21H,1-2H3/b14-12-,20-15-. The number of nitrogens with zero attached hydrogens (tertiary/aromatic N) is 3. The van der Waals surface area contributed by atoms with E-state index in [-0.39, 0.29) is 11.4 Å². The van der Waals surface area contributed by atoms with Crippen LogP contribution in [0, 0.1) is 32.1 Å². The molecule has 0 unspecified atom stereocenters. The predicted molar refractivity (Wildman–Crippen MR) is 104 cm³/mol. The summed E-state index contributed by atoms with van der Waals surface area (Å²) in [6.07, 6.45) is 1.72. The highest BCUT2D eigenvalue weighted by Gasteiger charge is 2.19. The third-order valence-electron chi connectivity index (χ3n) is 3.34. The Labute approximate surface area is 155 Å². The Hall–Kier alpha value is -3.99. The lowest BCUT2D eigenvalue weighted by atomic mass is 10.2. The molecule has 0 atom stereocenters. The predicted octanol–water partition coefficient (Wildman–Crippen LogP) is 4.29. The van der Waals surface area contributed by atoms with Gasteiger partial charge in [0.1, 0.15) is 5.69 Å². The Morgan fingerprint density at radius 2 is 1.78 bits per heavy atom. The van der Waals surface area contributed by atoms with Gasteiger partial charge in [-0.2, -0.15) is 5.10 Å². The summed E-state index contributed by atoms with van der Waals surface area (Å²) in [5, 5.41) is 25.9. The Balaban J connectivity index is 2.16. The maximum Gasteiger partial charge on any atom is 0.301 e. The summed E-state index contributed by atoms with van der Waals surface area (Å²) in [7, 11) is 0. The molecule has 8 nitrogen and oxygen atoms in total. The minimum Gasteiger partial charge on any atom is -0.271 e. The summed E-state index contributed by atoms with van der Waals surface area (Å²) in [5.41, 5.74) is 4.04. The number of rotatable bonds is 5. The van der Waals surface area contributed by atoms with Gasteiger partial charge in [0.25, 0.3) is 5.69 Å². The van der Waals surface area contributed by atoms with Gasteiger partial charge in [0.2, 0.25) is 0 Å². The van der Waals surface area contributed by atoms with E-state index < -0.39 is 15.5 Å². The largest absolute Gasteiger partial charge is 0.301 e. The Morgan fingerprint density at radius 1 is 1.07 bits per heavy atom. The van der Waals surface area contributed by atoms with Gasteiger partial charge in [-0.05, 0) is 38.1 Å². The van der Waals surface area contributed by atoms with Gasteiger partial charge in [-0.25, -0.2) is 0 Å². The average Bonchev–Trinajstić information content (AvgIpc) is 2.65. The van der Waals surface area contributed by atoms with Crippen molar-refractivity contribution in [3.8, 4) is 11.8 Å². The number of hydrogen-bond acceptors (Lipinski definition) is 6. The zero-order valence-electron chi connectivity index (χ0n) is 14.7. The van der Waals surface area contributed by atoms with Crippen LogP contribution in [0.3, 0.4) is 0 Å². The Kier molecular flexibility index (Phi) is 6.39. The van der Waals surface area contributed by atoms with E-state index >= 15 is 0 Å². The maximum absolute atomic E-state index is 11.1. The van der Waals surface area contributed by atoms with Gasteiger partial charge < -0.3 is 0 Å². The van der Waals surface area contributed by atoms with Crippen LogP contribution in [-0.4, -0.2) is 15.6 Å². The van der Waals surface area contributed by atoms with E-state index in [2.05, 4.69) is 22.4 Å². The summed E-state index contributed by atoms with van der Waals surface area (Å²) in [6, 6.07) is 12.8. The lowest BCUT2D eigenvalue weighted by Crippen LogP contribution is -2.00. The van der Waals surface area contributed by atoms with Gasteiger partial charge in [-0.3, -0.25) is 25.7 Å². The number of allylic oxidation sites excluding steroid dienone is 2. The molecule has 0 fully saturated rings. The van der Waals surface area contributed by atoms with Crippen LogP contribution in [0.5, 0.6) is 0 Å². The molecule has 0 aliphatic carbocycles. The SMILES string of the molecule is C/C(C#Cc1ccccc1)=C/C(C)=N\Nc1ccc([N+](=O)[O-])cc1[N+](=O)[O-]. The van der Waals surface area contributed by atoms with Crippen LogP contribution in [0.1, 0.15) is 19.4 Å². The lowest BCUT2D eigenvalue weighted by molar-refractivity contribution is -0.393. The van der Waals surface area contributed by atoms with Crippen molar-refractivity contribution < 1.29 is 9.85 Å². The molecule has 0 saturated carbocycles. The van der Waals surface area contributed by atoms with E-state index in [1.807, 2.05) is 37.3 Å². The minimum absolute atomic E-state index is 0.0615. The monoisotopic (exact) mass is 364 g/mol. The molecule has 2 aromatic carbocycles. The highest BCUT2D eigenvalue weighted by Crippen LogP contribution is 2.28. The van der Waals surface area contributed by atoms with E-state index in [9.17, 15) is 20.2 Å². The smallest absolute Gasteiger partial charge is 0.271 e. The van der Waals surface area contributed by atoms with Crippen molar-refractivity contribution in [1.82, 2.24) is 0 Å². The minimum atomic E-state index is -0.702. The Bertz CT molecular complexity index is 986. The molecule has 0 saturated heterocycles. The first-order chi connectivity index (χ1) is 12.9. The first-order valence-corrected chi connectivity index (χ1v) is 7.85. The third kappa shape index (κ3) is 5.79. The van der Waals surface area contributed by atoms with E-state index in [0.717, 1.165) is 17.2 Å². The molecule has 0 spiro atoms. The van der Waals surface area contributed by atoms with Crippen molar-refractivity contribution in [2.75, 3.05) is 5.43 Å². The summed E-state index contributed by atoms with van der Waals surface area (Å²) in [4.78, 5) is 20.5. The normalized spacial score (nSPS) is 11.3. The van der Waals surface area contributed by atoms with Gasteiger partial charge in [0.05, 0.1) is 21.6 Å². The zero-order valence-corrected chi connectivity index (χ0v) is 14.7. The molecule has 0 aliphatic heterocycles. The summed E-state index contributed by atoms with van der Waals surface area (Å²) in [5.74, 6) is 6.01. The average molecular weight is 364 g/mol. The zero-order chi connectivity index (χ0) is 19.8. The fraction of sp³-hybridized carbons (Fsp3) is 0.105. The number of non-ortho nitro benzene ring substituents is 1. The highest BCUT2D eigenvalue weighted by atomic mass is 16.6. The molecule has 8 heteroatoms. The molecule has 136 valence electrons. The molecule has 0 bridgehead atoms. The quantitative estimate of drug-likeness (QED) is 0.368. The second-order valence-corrected chi connectivity index (χ2v) is 5.52. The van der Waals surface area contributed by atoms with Crippen LogP contribution in [-0.2, 0) is 0 Å². The van der Waals surface area contributed by atoms with E-state index in [1.165, 1.54) is 12.1 Å². The van der Waals surface area contributed by atoms with Crippen molar-refractivity contribution in [2.24, 2.45) is 5.10 Å². The van der Waals surface area contributed by atoms with E-state index in [1.54, 1.807) is 13.0 Å². The summed E-state index contributed by atoms with van der Waals surface area (Å²) in [6.45, 7) is 3.53. The summed E-state index contributed by atoms with van der Waals surface area (Å²) < 4.78 is 0. The number of nitro benzene ring substituents is 2. The van der Waals surface area contributed by atoms with Gasteiger partial charge in [0.15, 0.2) is 0 Å². The molecular formula is C19H16N4O4. The second-order valence-electron chi connectivity index (χ2n) is 5.52. The molecule has 2 rings (SSSR count). The lowest BCUT2D eigenvalue weighted by Gasteiger charge is -2.03. The first-order valence-electron chi connectivity index (χ1n) is 7.85. The van der Waals surface area contributed by atoms with Gasteiger partial charge in [0, 0.05) is 17.2 Å². The number of nitrogens with one attached hydrogen (secondary N) is 1. The molecular weight excluding hydrogens is 348 g/mol. The molecule has 2 aromatic rings. The third-order valence-corrected chi connectivity index (χ3v) is 3.34. The topological polar surface area (TPSA) is 111 Å². The van der Waals surface area contributed by atoms with Crippen molar-refractivity contribution in [3.05, 3.63) is 86.0 Å². The van der Waals surface area contributed by atoms with Crippen LogP contribution in [0.25, 0.3) is 0 Å². The van der Waals surface area contributed by atoms with Crippen LogP contribution in [0.15, 0.2) is 65.3 Å². The van der Waals surface area contributed by atoms with Crippen molar-refractivity contribution >= 4 is 22.8 Å². The van der Waals surface area contributed by atoms with Crippen molar-refractivity contribution in [3.63, 3.8) is 0 Å². The number of hydrazone groups is 1. The fourth-order valence-electron chi connectivity index (χ4n) is 2.10. The molecule has 0 radical (unpaired) electrons. The number of anilines is 1. The van der Waals surface area contributed by atoms with Crippen molar-refractivity contribution in [2.45, 2.75) is 13.8 Å². The van der Waals surface area contributed by atoms with Crippen LogP contribution in [0.2, 0.25) is 0 Å². The van der Waals surface area contributed by atoms with Gasteiger partial charge in [-0.1, -0.05) is 30.0 Å². The second kappa shape index (κ2) is 8.92. The van der Waals surface area contributed by atoms with Gasteiger partial charge in [-0.15, -0.1) is 0 Å². The van der Waals surface area contributed by atoms with Crippen LogP contribution >= 0.6 is 0 Å². The number of nitro groups is 2. The molecule has 0 heterocycles. The molecule has 0 aromatic heterocycles. The number of benzene rings is 2. The fourth-order valence-corrected chi connectivity index (χ4v) is 2.10.